The Morgan fingerprint density at radius 2 is 2.00 bits per heavy atom. The Balaban J connectivity index is 2.05. The molecule has 2 aromatic carbocycles. The van der Waals surface area contributed by atoms with Gasteiger partial charge in [-0.3, -0.25) is 0 Å². The minimum Gasteiger partial charge on any atom is -0.444 e. The lowest BCUT2D eigenvalue weighted by Gasteiger charge is -2.43. The van der Waals surface area contributed by atoms with E-state index in [0.717, 1.165) is 23.8 Å². The van der Waals surface area contributed by atoms with Crippen LogP contribution in [0, 0.1) is 0 Å². The van der Waals surface area contributed by atoms with Crippen molar-refractivity contribution in [3.8, 4) is 11.1 Å². The Kier molecular flexibility index (Phi) is 8.39. The van der Waals surface area contributed by atoms with Crippen molar-refractivity contribution in [2.45, 2.75) is 64.3 Å². The zero-order valence-electron chi connectivity index (χ0n) is 20.3. The van der Waals surface area contributed by atoms with Crippen molar-refractivity contribution >= 4 is 24.0 Å². The van der Waals surface area contributed by atoms with Crippen LogP contribution < -0.4 is 0 Å². The fourth-order valence-corrected chi connectivity index (χ4v) is 4.59. The molecule has 2 aromatic rings. The fourth-order valence-electron chi connectivity index (χ4n) is 4.30. The first kappa shape index (κ1) is 26.2. The maximum atomic E-state index is 12.7. The number of hydrogen-bond donors (Lipinski definition) is 1. The molecule has 2 unspecified atom stereocenters. The van der Waals surface area contributed by atoms with Crippen molar-refractivity contribution in [2.75, 3.05) is 19.7 Å². The zero-order chi connectivity index (χ0) is 24.9. The number of ether oxygens (including phenoxy) is 2. The largest absolute Gasteiger partial charge is 0.444 e. The molecule has 0 bridgehead atoms. The van der Waals surface area contributed by atoms with E-state index in [9.17, 15) is 14.7 Å². The topological polar surface area (TPSA) is 76.1 Å². The molecule has 1 amide bonds. The van der Waals surface area contributed by atoms with Gasteiger partial charge in [0.15, 0.2) is 0 Å². The van der Waals surface area contributed by atoms with E-state index in [2.05, 4.69) is 13.0 Å². The Morgan fingerprint density at radius 1 is 1.26 bits per heavy atom. The van der Waals surface area contributed by atoms with Gasteiger partial charge in [-0.1, -0.05) is 54.9 Å². The highest BCUT2D eigenvalue weighted by molar-refractivity contribution is 6.33. The number of carbonyl (C=O) groups is 2. The first-order valence-electron chi connectivity index (χ1n) is 11.7. The Morgan fingerprint density at radius 3 is 2.68 bits per heavy atom. The highest BCUT2D eigenvalue weighted by atomic mass is 35.5. The minimum absolute atomic E-state index is 0.129. The number of halogens is 1. The Bertz CT molecular complexity index is 1020. The third-order valence-corrected chi connectivity index (χ3v) is 6.31. The van der Waals surface area contributed by atoms with Gasteiger partial charge in [0.1, 0.15) is 23.6 Å². The molecular formula is C27H34ClNO5. The van der Waals surface area contributed by atoms with Crippen LogP contribution in [-0.4, -0.2) is 53.8 Å². The summed E-state index contributed by atoms with van der Waals surface area (Å²) in [7, 11) is 0. The van der Waals surface area contributed by atoms with Crippen LogP contribution >= 0.6 is 11.6 Å². The molecule has 184 valence electrons. The summed E-state index contributed by atoms with van der Waals surface area (Å²) in [6.07, 6.45) is 0.676. The number of benzene rings is 2. The van der Waals surface area contributed by atoms with Crippen molar-refractivity contribution in [3.05, 3.63) is 58.6 Å². The van der Waals surface area contributed by atoms with Gasteiger partial charge >= 0.3 is 6.09 Å². The van der Waals surface area contributed by atoms with Gasteiger partial charge in [-0.2, -0.15) is 0 Å². The highest BCUT2D eigenvalue weighted by Crippen LogP contribution is 2.42. The lowest BCUT2D eigenvalue weighted by atomic mass is 9.79. The van der Waals surface area contributed by atoms with Crippen molar-refractivity contribution in [2.24, 2.45) is 0 Å². The van der Waals surface area contributed by atoms with Crippen LogP contribution in [0.5, 0.6) is 0 Å². The summed E-state index contributed by atoms with van der Waals surface area (Å²) in [6.45, 7) is 8.24. The molecule has 6 nitrogen and oxygen atoms in total. The van der Waals surface area contributed by atoms with Crippen LogP contribution in [0.3, 0.4) is 0 Å². The summed E-state index contributed by atoms with van der Waals surface area (Å²) in [6, 6.07) is 13.4. The first-order chi connectivity index (χ1) is 16.1. The summed E-state index contributed by atoms with van der Waals surface area (Å²) in [5.74, 6) is 0. The maximum Gasteiger partial charge on any atom is 0.410 e. The van der Waals surface area contributed by atoms with Gasteiger partial charge in [-0.05, 0) is 56.4 Å². The van der Waals surface area contributed by atoms with Gasteiger partial charge < -0.3 is 24.3 Å². The number of aryl methyl sites for hydroxylation is 1. The molecule has 1 N–H and O–H groups in total. The second kappa shape index (κ2) is 10.9. The quantitative estimate of drug-likeness (QED) is 0.531. The predicted molar refractivity (Wildman–Crippen MR) is 133 cm³/mol. The van der Waals surface area contributed by atoms with E-state index in [4.69, 9.17) is 21.1 Å². The molecule has 1 fully saturated rings. The van der Waals surface area contributed by atoms with Crippen molar-refractivity contribution in [1.29, 1.82) is 0 Å². The number of hydrogen-bond acceptors (Lipinski definition) is 5. The average molecular weight is 488 g/mol. The fraction of sp³-hybridized carbons (Fsp3) is 0.481. The monoisotopic (exact) mass is 487 g/mol. The van der Waals surface area contributed by atoms with E-state index >= 15 is 0 Å². The standard InChI is InChI=1S/C27H34ClNO5/c1-5-19-9-6-10-20(17-19)24-21(11-7-12-22(24)28)27(32,13-8-15-30)23-18-29(14-16-33-23)25(31)34-26(2,3)4/h6-7,9-12,15,17,23,32H,5,8,13-14,16,18H2,1-4H3. The molecule has 3 rings (SSSR count). The summed E-state index contributed by atoms with van der Waals surface area (Å²) >= 11 is 6.68. The lowest BCUT2D eigenvalue weighted by molar-refractivity contribution is -0.151. The van der Waals surface area contributed by atoms with E-state index < -0.39 is 23.4 Å². The summed E-state index contributed by atoms with van der Waals surface area (Å²) in [5.41, 5.74) is 1.11. The molecular weight excluding hydrogens is 454 g/mol. The van der Waals surface area contributed by atoms with Crippen LogP contribution in [0.4, 0.5) is 4.79 Å². The van der Waals surface area contributed by atoms with Crippen molar-refractivity contribution in [3.63, 3.8) is 0 Å². The summed E-state index contributed by atoms with van der Waals surface area (Å²) in [4.78, 5) is 25.6. The molecule has 2 atom stereocenters. The number of morpholine rings is 1. The van der Waals surface area contributed by atoms with Crippen LogP contribution in [0.2, 0.25) is 5.02 Å². The molecule has 1 heterocycles. The number of aldehydes is 1. The number of amides is 1. The second-order valence-corrected chi connectivity index (χ2v) is 10.0. The van der Waals surface area contributed by atoms with Gasteiger partial charge in [0.2, 0.25) is 0 Å². The summed E-state index contributed by atoms with van der Waals surface area (Å²) in [5, 5.41) is 12.6. The first-order valence-corrected chi connectivity index (χ1v) is 12.1. The van der Waals surface area contributed by atoms with Crippen molar-refractivity contribution in [1.82, 2.24) is 4.90 Å². The third-order valence-electron chi connectivity index (χ3n) is 6.00. The average Bonchev–Trinajstić information content (AvgIpc) is 2.81. The highest BCUT2D eigenvalue weighted by Gasteiger charge is 2.44. The van der Waals surface area contributed by atoms with E-state index in [-0.39, 0.29) is 26.0 Å². The molecule has 34 heavy (non-hydrogen) atoms. The van der Waals surface area contributed by atoms with Crippen LogP contribution in [-0.2, 0) is 26.3 Å². The molecule has 1 saturated heterocycles. The van der Waals surface area contributed by atoms with Crippen molar-refractivity contribution < 1.29 is 24.2 Å². The Labute approximate surface area is 206 Å². The molecule has 7 heteroatoms. The molecule has 1 aliphatic rings. The smallest absolute Gasteiger partial charge is 0.410 e. The van der Waals surface area contributed by atoms with Gasteiger partial charge in [-0.25, -0.2) is 4.79 Å². The molecule has 0 saturated carbocycles. The third kappa shape index (κ3) is 5.98. The Hall–Kier alpha value is -2.41. The number of aliphatic hydroxyl groups is 1. The van der Waals surface area contributed by atoms with Gasteiger partial charge in [0, 0.05) is 23.6 Å². The van der Waals surface area contributed by atoms with Gasteiger partial charge in [0.25, 0.3) is 0 Å². The van der Waals surface area contributed by atoms with Crippen LogP contribution in [0.25, 0.3) is 11.1 Å². The van der Waals surface area contributed by atoms with Gasteiger partial charge in [0.05, 0.1) is 13.2 Å². The SMILES string of the molecule is CCc1cccc(-c2c(Cl)cccc2C(O)(CCC=O)C2CN(C(=O)OC(C)(C)C)CCO2)c1. The molecule has 1 aliphatic heterocycles. The van der Waals surface area contributed by atoms with E-state index in [1.165, 1.54) is 0 Å². The van der Waals surface area contributed by atoms with E-state index in [0.29, 0.717) is 22.7 Å². The zero-order valence-corrected chi connectivity index (χ0v) is 21.1. The number of carbonyl (C=O) groups excluding carboxylic acids is 2. The molecule has 0 aromatic heterocycles. The number of rotatable bonds is 7. The predicted octanol–water partition coefficient (Wildman–Crippen LogP) is 5.37. The second-order valence-electron chi connectivity index (χ2n) is 9.63. The van der Waals surface area contributed by atoms with Crippen LogP contribution in [0.15, 0.2) is 42.5 Å². The molecule has 0 radical (unpaired) electrons. The minimum atomic E-state index is -1.55. The summed E-state index contributed by atoms with van der Waals surface area (Å²) < 4.78 is 11.6. The van der Waals surface area contributed by atoms with Crippen LogP contribution in [0.1, 0.15) is 51.7 Å². The normalized spacial score (nSPS) is 18.3. The lowest BCUT2D eigenvalue weighted by Crippen LogP contribution is -2.55. The number of nitrogens with zero attached hydrogens (tertiary/aromatic N) is 1. The van der Waals surface area contributed by atoms with Gasteiger partial charge in [-0.15, -0.1) is 0 Å². The maximum absolute atomic E-state index is 12.7. The molecule has 0 spiro atoms. The van der Waals surface area contributed by atoms with E-state index in [1.54, 1.807) is 17.0 Å². The molecule has 0 aliphatic carbocycles. The van der Waals surface area contributed by atoms with E-state index in [1.807, 2.05) is 45.0 Å².